The van der Waals surface area contributed by atoms with Gasteiger partial charge in [0.2, 0.25) is 0 Å². The zero-order chi connectivity index (χ0) is 17.7. The second-order valence-electron chi connectivity index (χ2n) is 5.33. The summed E-state index contributed by atoms with van der Waals surface area (Å²) >= 11 is 6.12. The molecular formula is C19H20ClNO3. The lowest BCUT2D eigenvalue weighted by molar-refractivity contribution is 0.104. The average Bonchev–Trinajstić information content (AvgIpc) is 2.57. The molecule has 0 atom stereocenters. The molecular weight excluding hydrogens is 326 g/mol. The third kappa shape index (κ3) is 4.09. The lowest BCUT2D eigenvalue weighted by Crippen LogP contribution is -1.99. The van der Waals surface area contributed by atoms with Gasteiger partial charge in [-0.2, -0.15) is 0 Å². The van der Waals surface area contributed by atoms with Crippen molar-refractivity contribution in [3.8, 4) is 11.5 Å². The summed E-state index contributed by atoms with van der Waals surface area (Å²) in [7, 11) is 3.09. The van der Waals surface area contributed by atoms with Crippen molar-refractivity contribution >= 4 is 23.1 Å². The molecule has 0 spiro atoms. The number of allylic oxidation sites excluding steroid dienone is 1. The molecule has 1 N–H and O–H groups in total. The number of ether oxygens (including phenoxy) is 2. The summed E-state index contributed by atoms with van der Waals surface area (Å²) in [5.41, 5.74) is 3.54. The number of halogens is 1. The van der Waals surface area contributed by atoms with E-state index in [0.717, 1.165) is 11.1 Å². The van der Waals surface area contributed by atoms with Gasteiger partial charge >= 0.3 is 0 Å². The highest BCUT2D eigenvalue weighted by Gasteiger charge is 2.09. The van der Waals surface area contributed by atoms with E-state index in [1.54, 1.807) is 25.4 Å². The van der Waals surface area contributed by atoms with Gasteiger partial charge in [-0.15, -0.1) is 0 Å². The van der Waals surface area contributed by atoms with Gasteiger partial charge in [0.05, 0.1) is 24.9 Å². The van der Waals surface area contributed by atoms with Crippen LogP contribution in [0.1, 0.15) is 21.5 Å². The molecule has 0 heterocycles. The van der Waals surface area contributed by atoms with E-state index < -0.39 is 0 Å². The smallest absolute Gasteiger partial charge is 0.187 e. The van der Waals surface area contributed by atoms with Crippen LogP contribution >= 0.6 is 11.6 Å². The molecule has 0 aliphatic carbocycles. The summed E-state index contributed by atoms with van der Waals surface area (Å²) in [6.07, 6.45) is 3.04. The first kappa shape index (κ1) is 17.9. The van der Waals surface area contributed by atoms with E-state index in [0.29, 0.717) is 27.8 Å². The largest absolute Gasteiger partial charge is 0.495 e. The highest BCUT2D eigenvalue weighted by atomic mass is 35.5. The molecule has 0 fully saturated rings. The predicted octanol–water partition coefficient (Wildman–Crippen LogP) is 4.78. The van der Waals surface area contributed by atoms with Crippen molar-refractivity contribution in [3.05, 3.63) is 64.3 Å². The number of carbonyl (C=O) groups excluding carboxylic acids is 1. The zero-order valence-electron chi connectivity index (χ0n) is 14.1. The van der Waals surface area contributed by atoms with Crippen LogP contribution in [-0.2, 0) is 0 Å². The Kier molecular flexibility index (Phi) is 5.88. The molecule has 2 rings (SSSR count). The van der Waals surface area contributed by atoms with Gasteiger partial charge in [-0.05, 0) is 37.1 Å². The van der Waals surface area contributed by atoms with Crippen molar-refractivity contribution in [1.29, 1.82) is 0 Å². The normalized spacial score (nSPS) is 10.7. The Balaban J connectivity index is 2.14. The Morgan fingerprint density at radius 1 is 1.04 bits per heavy atom. The van der Waals surface area contributed by atoms with Crippen LogP contribution in [0.25, 0.3) is 0 Å². The molecule has 0 aliphatic rings. The summed E-state index contributed by atoms with van der Waals surface area (Å²) in [5, 5.41) is 3.47. The van der Waals surface area contributed by atoms with E-state index in [4.69, 9.17) is 21.1 Å². The van der Waals surface area contributed by atoms with Crippen LogP contribution in [0, 0.1) is 13.8 Å². The Morgan fingerprint density at radius 3 is 2.38 bits per heavy atom. The number of methoxy groups -OCH3 is 2. The minimum atomic E-state index is -0.0795. The summed E-state index contributed by atoms with van der Waals surface area (Å²) < 4.78 is 10.4. The number of rotatable bonds is 6. The first-order valence-corrected chi connectivity index (χ1v) is 7.80. The second kappa shape index (κ2) is 7.88. The molecule has 24 heavy (non-hydrogen) atoms. The molecule has 2 aromatic rings. The topological polar surface area (TPSA) is 47.6 Å². The van der Waals surface area contributed by atoms with Crippen LogP contribution in [-0.4, -0.2) is 20.0 Å². The molecule has 0 saturated carbocycles. The van der Waals surface area contributed by atoms with Gasteiger partial charge in [0.15, 0.2) is 5.78 Å². The minimum absolute atomic E-state index is 0.0795. The van der Waals surface area contributed by atoms with Gasteiger partial charge < -0.3 is 14.8 Å². The van der Waals surface area contributed by atoms with E-state index in [1.165, 1.54) is 13.2 Å². The summed E-state index contributed by atoms with van der Waals surface area (Å²) in [6, 6.07) is 9.01. The van der Waals surface area contributed by atoms with Gasteiger partial charge in [0.25, 0.3) is 0 Å². The molecule has 126 valence electrons. The SMILES string of the molecule is COc1cc(OC)c(N/C=C/C(=O)c2ccc(C)c(C)c2)cc1Cl. The molecule has 0 bridgehead atoms. The first-order valence-electron chi connectivity index (χ1n) is 7.42. The first-order chi connectivity index (χ1) is 11.5. The summed E-state index contributed by atoms with van der Waals surface area (Å²) in [6.45, 7) is 4.00. The number of aryl methyl sites for hydroxylation is 2. The van der Waals surface area contributed by atoms with Crippen molar-refractivity contribution < 1.29 is 14.3 Å². The van der Waals surface area contributed by atoms with Crippen LogP contribution in [0.2, 0.25) is 5.02 Å². The third-order valence-corrected chi connectivity index (χ3v) is 4.03. The monoisotopic (exact) mass is 345 g/mol. The van der Waals surface area contributed by atoms with Crippen molar-refractivity contribution in [2.75, 3.05) is 19.5 Å². The lowest BCUT2D eigenvalue weighted by Gasteiger charge is -2.11. The molecule has 0 aromatic heterocycles. The Hall–Kier alpha value is -2.46. The number of hydrogen-bond donors (Lipinski definition) is 1. The zero-order valence-corrected chi connectivity index (χ0v) is 14.9. The Labute approximate surface area is 147 Å². The lowest BCUT2D eigenvalue weighted by atomic mass is 10.0. The predicted molar refractivity (Wildman–Crippen MR) is 97.6 cm³/mol. The number of ketones is 1. The number of benzene rings is 2. The highest BCUT2D eigenvalue weighted by Crippen LogP contribution is 2.35. The molecule has 0 amide bonds. The van der Waals surface area contributed by atoms with E-state index >= 15 is 0 Å². The van der Waals surface area contributed by atoms with Crippen LogP contribution in [0.15, 0.2) is 42.6 Å². The van der Waals surface area contributed by atoms with E-state index in [1.807, 2.05) is 32.0 Å². The Morgan fingerprint density at radius 2 is 1.75 bits per heavy atom. The van der Waals surface area contributed by atoms with Gasteiger partial charge in [0, 0.05) is 23.9 Å². The van der Waals surface area contributed by atoms with Crippen LogP contribution in [0.4, 0.5) is 5.69 Å². The van der Waals surface area contributed by atoms with Crippen molar-refractivity contribution in [2.45, 2.75) is 13.8 Å². The van der Waals surface area contributed by atoms with Crippen LogP contribution in [0.3, 0.4) is 0 Å². The van der Waals surface area contributed by atoms with E-state index in [9.17, 15) is 4.79 Å². The molecule has 0 unspecified atom stereocenters. The average molecular weight is 346 g/mol. The number of nitrogens with one attached hydrogen (secondary N) is 1. The van der Waals surface area contributed by atoms with Crippen LogP contribution < -0.4 is 14.8 Å². The molecule has 0 radical (unpaired) electrons. The van der Waals surface area contributed by atoms with Crippen LogP contribution in [0.5, 0.6) is 11.5 Å². The van der Waals surface area contributed by atoms with Crippen molar-refractivity contribution in [3.63, 3.8) is 0 Å². The fourth-order valence-electron chi connectivity index (χ4n) is 2.17. The van der Waals surface area contributed by atoms with E-state index in [2.05, 4.69) is 5.32 Å². The molecule has 4 nitrogen and oxygen atoms in total. The summed E-state index contributed by atoms with van der Waals surface area (Å²) in [5.74, 6) is 1.01. The Bertz CT molecular complexity index is 784. The maximum absolute atomic E-state index is 12.2. The molecule has 0 aliphatic heterocycles. The minimum Gasteiger partial charge on any atom is -0.495 e. The molecule has 2 aromatic carbocycles. The molecule has 5 heteroatoms. The van der Waals surface area contributed by atoms with Crippen molar-refractivity contribution in [1.82, 2.24) is 0 Å². The van der Waals surface area contributed by atoms with Gasteiger partial charge in [-0.3, -0.25) is 4.79 Å². The number of carbonyl (C=O) groups is 1. The van der Waals surface area contributed by atoms with Crippen molar-refractivity contribution in [2.24, 2.45) is 0 Å². The fourth-order valence-corrected chi connectivity index (χ4v) is 2.41. The van der Waals surface area contributed by atoms with Gasteiger partial charge in [-0.1, -0.05) is 23.7 Å². The van der Waals surface area contributed by atoms with Gasteiger partial charge in [0.1, 0.15) is 11.5 Å². The molecule has 0 saturated heterocycles. The second-order valence-corrected chi connectivity index (χ2v) is 5.74. The summed E-state index contributed by atoms with van der Waals surface area (Å²) in [4.78, 5) is 12.2. The maximum Gasteiger partial charge on any atom is 0.187 e. The highest BCUT2D eigenvalue weighted by molar-refractivity contribution is 6.32. The number of anilines is 1. The van der Waals surface area contributed by atoms with Gasteiger partial charge in [-0.25, -0.2) is 0 Å². The third-order valence-electron chi connectivity index (χ3n) is 3.74. The maximum atomic E-state index is 12.2. The number of hydrogen-bond acceptors (Lipinski definition) is 4. The standard InChI is InChI=1S/C19H20ClNO3/c1-12-5-6-14(9-13(12)2)17(22)7-8-21-16-10-15(20)18(23-3)11-19(16)24-4/h5-11,21H,1-4H3/b8-7+. The quantitative estimate of drug-likeness (QED) is 0.604. The van der Waals surface area contributed by atoms with E-state index in [-0.39, 0.29) is 5.78 Å². The fraction of sp³-hybridized carbons (Fsp3) is 0.211.